The Bertz CT molecular complexity index is 1230. The van der Waals surface area contributed by atoms with Crippen LogP contribution in [0.25, 0.3) is 0 Å². The Labute approximate surface area is 218 Å². The number of amides is 2. The molecule has 3 aromatic rings. The first kappa shape index (κ1) is 26.5. The molecule has 0 aliphatic heterocycles. The number of halogens is 1. The van der Waals surface area contributed by atoms with Crippen LogP contribution in [0.2, 0.25) is 0 Å². The van der Waals surface area contributed by atoms with Gasteiger partial charge in [-0.25, -0.2) is 5.43 Å². The van der Waals surface area contributed by atoms with Crippen molar-refractivity contribution in [2.24, 2.45) is 5.10 Å². The van der Waals surface area contributed by atoms with E-state index in [2.05, 4.69) is 38.4 Å². The maximum atomic E-state index is 12.5. The lowest BCUT2D eigenvalue weighted by molar-refractivity contribution is -0.118. The zero-order valence-corrected chi connectivity index (χ0v) is 21.3. The molecule has 0 fully saturated rings. The van der Waals surface area contributed by atoms with Crippen LogP contribution in [0.15, 0.2) is 89.0 Å². The van der Waals surface area contributed by atoms with Gasteiger partial charge in [0, 0.05) is 11.3 Å². The molecule has 8 nitrogen and oxygen atoms in total. The number of benzene rings is 3. The second-order valence-electron chi connectivity index (χ2n) is 7.29. The molecule has 2 N–H and O–H groups in total. The van der Waals surface area contributed by atoms with Gasteiger partial charge in [-0.05, 0) is 76.9 Å². The molecule has 36 heavy (non-hydrogen) atoms. The average molecular weight is 552 g/mol. The Balaban J connectivity index is 1.55. The molecular formula is C27H26BrN3O5. The highest BCUT2D eigenvalue weighted by Crippen LogP contribution is 2.29. The van der Waals surface area contributed by atoms with E-state index in [1.807, 2.05) is 25.1 Å². The number of para-hydroxylation sites is 1. The van der Waals surface area contributed by atoms with Gasteiger partial charge >= 0.3 is 0 Å². The highest BCUT2D eigenvalue weighted by atomic mass is 79.9. The standard InChI is InChI=1S/C27H26BrN3O5/c1-3-14-35-24-13-11-20(16-25(24)34-4-2)27(33)31-29-17-19-10-12-23(22(28)15-19)36-18-26(32)30-21-8-6-5-7-9-21/h3,5-13,15-17H,1,4,14,18H2,2H3,(H,30,32)(H,31,33)/b29-17+. The van der Waals surface area contributed by atoms with Gasteiger partial charge in [-0.1, -0.05) is 30.9 Å². The minimum atomic E-state index is -0.397. The molecule has 0 saturated carbocycles. The summed E-state index contributed by atoms with van der Waals surface area (Å²) in [6.45, 7) is 6.09. The molecule has 0 aromatic heterocycles. The van der Waals surface area contributed by atoms with E-state index in [1.165, 1.54) is 6.21 Å². The third kappa shape index (κ3) is 7.99. The molecule has 0 unspecified atom stereocenters. The maximum absolute atomic E-state index is 12.5. The average Bonchev–Trinajstić information content (AvgIpc) is 2.88. The first-order valence-electron chi connectivity index (χ1n) is 11.1. The summed E-state index contributed by atoms with van der Waals surface area (Å²) in [6, 6.07) is 19.3. The first-order valence-corrected chi connectivity index (χ1v) is 11.9. The van der Waals surface area contributed by atoms with Crippen molar-refractivity contribution in [1.82, 2.24) is 5.43 Å². The summed E-state index contributed by atoms with van der Waals surface area (Å²) in [5.74, 6) is 0.830. The van der Waals surface area contributed by atoms with E-state index < -0.39 is 5.91 Å². The zero-order chi connectivity index (χ0) is 25.8. The summed E-state index contributed by atoms with van der Waals surface area (Å²) in [6.07, 6.45) is 3.13. The summed E-state index contributed by atoms with van der Waals surface area (Å²) in [5, 5.41) is 6.78. The monoisotopic (exact) mass is 551 g/mol. The molecule has 9 heteroatoms. The Morgan fingerprint density at radius 3 is 2.47 bits per heavy atom. The fourth-order valence-electron chi connectivity index (χ4n) is 2.99. The number of rotatable bonds is 12. The second kappa shape index (κ2) is 13.7. The van der Waals surface area contributed by atoms with Crippen LogP contribution < -0.4 is 25.0 Å². The van der Waals surface area contributed by atoms with E-state index in [1.54, 1.807) is 54.6 Å². The molecule has 0 bridgehead atoms. The van der Waals surface area contributed by atoms with Crippen LogP contribution in [0.5, 0.6) is 17.2 Å². The van der Waals surface area contributed by atoms with Gasteiger partial charge in [0.25, 0.3) is 11.8 Å². The molecule has 0 radical (unpaired) electrons. The largest absolute Gasteiger partial charge is 0.490 e. The highest BCUT2D eigenvalue weighted by Gasteiger charge is 2.11. The first-order chi connectivity index (χ1) is 17.5. The van der Waals surface area contributed by atoms with E-state index in [0.717, 1.165) is 0 Å². The van der Waals surface area contributed by atoms with Crippen LogP contribution in [0, 0.1) is 0 Å². The third-order valence-corrected chi connectivity index (χ3v) is 5.23. The Kier molecular flexibility index (Phi) is 10.1. The van der Waals surface area contributed by atoms with Crippen molar-refractivity contribution in [3.05, 3.63) is 95.0 Å². The molecule has 0 aliphatic rings. The fourth-order valence-corrected chi connectivity index (χ4v) is 3.50. The van der Waals surface area contributed by atoms with Crippen molar-refractivity contribution >= 4 is 39.6 Å². The minimum Gasteiger partial charge on any atom is -0.490 e. The van der Waals surface area contributed by atoms with Crippen molar-refractivity contribution in [3.63, 3.8) is 0 Å². The Morgan fingerprint density at radius 2 is 1.75 bits per heavy atom. The summed E-state index contributed by atoms with van der Waals surface area (Å²) >= 11 is 3.43. The van der Waals surface area contributed by atoms with Gasteiger partial charge < -0.3 is 19.5 Å². The molecule has 0 saturated heterocycles. The van der Waals surface area contributed by atoms with E-state index in [9.17, 15) is 9.59 Å². The topological polar surface area (TPSA) is 98.3 Å². The number of carbonyl (C=O) groups is 2. The lowest BCUT2D eigenvalue weighted by Crippen LogP contribution is -2.20. The summed E-state index contributed by atoms with van der Waals surface area (Å²) in [7, 11) is 0. The lowest BCUT2D eigenvalue weighted by atomic mass is 10.2. The number of ether oxygens (including phenoxy) is 3. The number of hydrogen-bond donors (Lipinski definition) is 2. The quantitative estimate of drug-likeness (QED) is 0.183. The van der Waals surface area contributed by atoms with Crippen molar-refractivity contribution < 1.29 is 23.8 Å². The summed E-state index contributed by atoms with van der Waals surface area (Å²) in [4.78, 5) is 24.6. The minimum absolute atomic E-state index is 0.141. The number of hydrogen-bond acceptors (Lipinski definition) is 6. The normalized spacial score (nSPS) is 10.5. The van der Waals surface area contributed by atoms with Crippen LogP contribution >= 0.6 is 15.9 Å². The van der Waals surface area contributed by atoms with Crippen LogP contribution in [0.1, 0.15) is 22.8 Å². The van der Waals surface area contributed by atoms with Crippen LogP contribution in [-0.4, -0.2) is 37.8 Å². The van der Waals surface area contributed by atoms with E-state index in [4.69, 9.17) is 14.2 Å². The lowest BCUT2D eigenvalue weighted by Gasteiger charge is -2.12. The number of carbonyl (C=O) groups excluding carboxylic acids is 2. The molecule has 2 amide bonds. The summed E-state index contributed by atoms with van der Waals surface area (Å²) in [5.41, 5.74) is 4.28. The zero-order valence-electron chi connectivity index (χ0n) is 19.7. The fraction of sp³-hybridized carbons (Fsp3) is 0.148. The highest BCUT2D eigenvalue weighted by molar-refractivity contribution is 9.10. The predicted molar refractivity (Wildman–Crippen MR) is 143 cm³/mol. The van der Waals surface area contributed by atoms with Gasteiger partial charge in [0.15, 0.2) is 18.1 Å². The van der Waals surface area contributed by atoms with Crippen molar-refractivity contribution in [2.45, 2.75) is 6.92 Å². The Hall–Kier alpha value is -4.11. The van der Waals surface area contributed by atoms with Gasteiger partial charge in [0.05, 0.1) is 17.3 Å². The number of nitrogens with one attached hydrogen (secondary N) is 2. The molecule has 0 spiro atoms. The molecule has 0 atom stereocenters. The number of anilines is 1. The molecule has 186 valence electrons. The number of hydrazone groups is 1. The molecule has 3 rings (SSSR count). The van der Waals surface area contributed by atoms with E-state index in [-0.39, 0.29) is 12.5 Å². The van der Waals surface area contributed by atoms with Gasteiger partial charge in [0.2, 0.25) is 0 Å². The predicted octanol–water partition coefficient (Wildman–Crippen LogP) is 5.19. The van der Waals surface area contributed by atoms with Crippen molar-refractivity contribution in [1.29, 1.82) is 0 Å². The van der Waals surface area contributed by atoms with E-state index in [0.29, 0.717) is 51.7 Å². The smallest absolute Gasteiger partial charge is 0.271 e. The SMILES string of the molecule is C=CCOc1ccc(C(=O)N/N=C/c2ccc(OCC(=O)Nc3ccccc3)c(Br)c2)cc1OCC. The van der Waals surface area contributed by atoms with Crippen LogP contribution in [0.3, 0.4) is 0 Å². The van der Waals surface area contributed by atoms with Crippen LogP contribution in [-0.2, 0) is 4.79 Å². The van der Waals surface area contributed by atoms with Crippen LogP contribution in [0.4, 0.5) is 5.69 Å². The molecular weight excluding hydrogens is 526 g/mol. The van der Waals surface area contributed by atoms with Gasteiger partial charge in [-0.15, -0.1) is 0 Å². The molecule has 0 aliphatic carbocycles. The maximum Gasteiger partial charge on any atom is 0.271 e. The van der Waals surface area contributed by atoms with Crippen molar-refractivity contribution in [3.8, 4) is 17.2 Å². The molecule has 3 aromatic carbocycles. The third-order valence-electron chi connectivity index (χ3n) is 4.61. The van der Waals surface area contributed by atoms with E-state index >= 15 is 0 Å². The van der Waals surface area contributed by atoms with Gasteiger partial charge in [-0.3, -0.25) is 9.59 Å². The van der Waals surface area contributed by atoms with Gasteiger partial charge in [-0.2, -0.15) is 5.10 Å². The Morgan fingerprint density at radius 1 is 0.972 bits per heavy atom. The van der Waals surface area contributed by atoms with Crippen molar-refractivity contribution in [2.75, 3.05) is 25.1 Å². The summed E-state index contributed by atoms with van der Waals surface area (Å²) < 4.78 is 17.3. The molecule has 0 heterocycles. The van der Waals surface area contributed by atoms with Gasteiger partial charge in [0.1, 0.15) is 12.4 Å². The second-order valence-corrected chi connectivity index (χ2v) is 8.14. The number of nitrogens with zero attached hydrogens (tertiary/aromatic N) is 1.